The van der Waals surface area contributed by atoms with E-state index in [9.17, 15) is 9.90 Å². The highest BCUT2D eigenvalue weighted by Gasteiger charge is 2.56. The molecule has 0 heterocycles. The summed E-state index contributed by atoms with van der Waals surface area (Å²) < 4.78 is 5.04. The van der Waals surface area contributed by atoms with Gasteiger partial charge in [0.1, 0.15) is 5.60 Å². The van der Waals surface area contributed by atoms with Gasteiger partial charge in [0.05, 0.1) is 12.0 Å². The molecular formula is C14H18O3. The summed E-state index contributed by atoms with van der Waals surface area (Å²) in [4.78, 5) is 11.9. The molecule has 1 N–H and O–H groups in total. The van der Waals surface area contributed by atoms with Gasteiger partial charge in [-0.05, 0) is 31.9 Å². The van der Waals surface area contributed by atoms with Crippen LogP contribution in [0.2, 0.25) is 0 Å². The number of hydrogen-bond acceptors (Lipinski definition) is 3. The minimum atomic E-state index is -1.10. The van der Waals surface area contributed by atoms with Gasteiger partial charge in [-0.2, -0.15) is 0 Å². The van der Waals surface area contributed by atoms with Crippen molar-refractivity contribution >= 4 is 5.97 Å². The number of aliphatic hydroxyl groups is 1. The first kappa shape index (κ1) is 12.1. The van der Waals surface area contributed by atoms with E-state index in [-0.39, 0.29) is 5.97 Å². The molecule has 1 aliphatic rings. The van der Waals surface area contributed by atoms with E-state index in [1.165, 1.54) is 0 Å². The molecule has 0 spiro atoms. The van der Waals surface area contributed by atoms with Crippen molar-refractivity contribution in [3.8, 4) is 0 Å². The quantitative estimate of drug-likeness (QED) is 0.814. The first-order valence-corrected chi connectivity index (χ1v) is 5.91. The lowest BCUT2D eigenvalue weighted by atomic mass is 9.60. The fourth-order valence-electron chi connectivity index (χ4n) is 2.38. The molecule has 0 saturated heterocycles. The highest BCUT2D eigenvalue weighted by atomic mass is 16.5. The summed E-state index contributed by atoms with van der Waals surface area (Å²) in [5.74, 6) is -0.350. The zero-order valence-corrected chi connectivity index (χ0v) is 10.5. The molecule has 92 valence electrons. The van der Waals surface area contributed by atoms with Crippen molar-refractivity contribution in [2.45, 2.75) is 32.8 Å². The maximum Gasteiger partial charge on any atom is 0.314 e. The van der Waals surface area contributed by atoms with E-state index in [1.54, 1.807) is 20.8 Å². The number of esters is 1. The Bertz CT molecular complexity index is 451. The van der Waals surface area contributed by atoms with Crippen molar-refractivity contribution < 1.29 is 14.6 Å². The van der Waals surface area contributed by atoms with Crippen LogP contribution >= 0.6 is 0 Å². The van der Waals surface area contributed by atoms with E-state index in [1.807, 2.05) is 24.3 Å². The first-order chi connectivity index (χ1) is 7.93. The Hall–Kier alpha value is -1.35. The second-order valence-electron chi connectivity index (χ2n) is 5.04. The van der Waals surface area contributed by atoms with Crippen LogP contribution in [0.5, 0.6) is 0 Å². The average Bonchev–Trinajstić information content (AvgIpc) is 2.27. The van der Waals surface area contributed by atoms with Crippen molar-refractivity contribution in [1.82, 2.24) is 0 Å². The summed E-state index contributed by atoms with van der Waals surface area (Å²) in [6.07, 6.45) is 0.509. The maximum absolute atomic E-state index is 11.9. The minimum Gasteiger partial charge on any atom is -0.465 e. The van der Waals surface area contributed by atoms with Crippen LogP contribution in [0.3, 0.4) is 0 Å². The number of fused-ring (bicyclic) bond motifs is 1. The van der Waals surface area contributed by atoms with Crippen molar-refractivity contribution in [2.24, 2.45) is 5.41 Å². The van der Waals surface area contributed by atoms with Crippen LogP contribution in [-0.2, 0) is 21.6 Å². The lowest BCUT2D eigenvalue weighted by molar-refractivity contribution is -0.176. The molecule has 1 unspecified atom stereocenters. The summed E-state index contributed by atoms with van der Waals surface area (Å²) >= 11 is 0. The van der Waals surface area contributed by atoms with Crippen LogP contribution in [0, 0.1) is 5.41 Å². The molecule has 0 fully saturated rings. The van der Waals surface area contributed by atoms with Gasteiger partial charge in [0.2, 0.25) is 0 Å². The molecule has 0 radical (unpaired) electrons. The third-order valence-corrected chi connectivity index (χ3v) is 3.73. The summed E-state index contributed by atoms with van der Waals surface area (Å²) in [5, 5.41) is 10.7. The zero-order valence-electron chi connectivity index (χ0n) is 10.5. The predicted molar refractivity (Wildman–Crippen MR) is 64.5 cm³/mol. The average molecular weight is 234 g/mol. The Kier molecular flexibility index (Phi) is 2.74. The monoisotopic (exact) mass is 234 g/mol. The minimum absolute atomic E-state index is 0.333. The molecule has 2 rings (SSSR count). The van der Waals surface area contributed by atoms with E-state index in [4.69, 9.17) is 4.74 Å². The third kappa shape index (κ3) is 1.57. The molecule has 1 atom stereocenters. The van der Waals surface area contributed by atoms with Crippen LogP contribution in [-0.4, -0.2) is 17.7 Å². The maximum atomic E-state index is 11.9. The molecule has 1 aromatic carbocycles. The van der Waals surface area contributed by atoms with E-state index in [2.05, 4.69) is 0 Å². The van der Waals surface area contributed by atoms with E-state index >= 15 is 0 Å². The Labute approximate surface area is 101 Å². The molecule has 0 aromatic heterocycles. The molecule has 0 amide bonds. The van der Waals surface area contributed by atoms with Crippen LogP contribution in [0.4, 0.5) is 0 Å². The number of hydrogen-bond donors (Lipinski definition) is 1. The summed E-state index contributed by atoms with van der Waals surface area (Å²) in [6.45, 7) is 5.58. The molecule has 17 heavy (non-hydrogen) atoms. The lowest BCUT2D eigenvalue weighted by Gasteiger charge is -2.48. The van der Waals surface area contributed by atoms with Gasteiger partial charge < -0.3 is 9.84 Å². The zero-order chi connectivity index (χ0) is 12.7. The van der Waals surface area contributed by atoms with Gasteiger partial charge in [-0.15, -0.1) is 0 Å². The van der Waals surface area contributed by atoms with Gasteiger partial charge in [-0.25, -0.2) is 0 Å². The van der Waals surface area contributed by atoms with Gasteiger partial charge in [-0.1, -0.05) is 24.3 Å². The number of carbonyl (C=O) groups is 1. The van der Waals surface area contributed by atoms with E-state index < -0.39 is 11.0 Å². The standard InChI is InChI=1S/C14H18O3/c1-4-17-12(15)13(2,3)14(16)9-10-7-5-6-8-11(10)14/h5-8,16H,4,9H2,1-3H3. The number of ether oxygens (including phenoxy) is 1. The van der Waals surface area contributed by atoms with Crippen LogP contribution in [0.25, 0.3) is 0 Å². The topological polar surface area (TPSA) is 46.5 Å². The van der Waals surface area contributed by atoms with Gasteiger partial charge in [0.15, 0.2) is 0 Å². The van der Waals surface area contributed by atoms with Gasteiger partial charge in [0, 0.05) is 6.42 Å². The predicted octanol–water partition coefficient (Wildman–Crippen LogP) is 2.02. The van der Waals surface area contributed by atoms with Crippen LogP contribution in [0.1, 0.15) is 31.9 Å². The molecule has 3 heteroatoms. The molecule has 3 nitrogen and oxygen atoms in total. The Morgan fingerprint density at radius 1 is 1.47 bits per heavy atom. The highest BCUT2D eigenvalue weighted by molar-refractivity contribution is 5.79. The summed E-state index contributed by atoms with van der Waals surface area (Å²) in [6, 6.07) is 7.67. The fraction of sp³-hybridized carbons (Fsp3) is 0.500. The summed E-state index contributed by atoms with van der Waals surface area (Å²) in [7, 11) is 0. The van der Waals surface area contributed by atoms with Crippen molar-refractivity contribution in [1.29, 1.82) is 0 Å². The Balaban J connectivity index is 2.33. The van der Waals surface area contributed by atoms with Gasteiger partial charge in [-0.3, -0.25) is 4.79 Å². The second kappa shape index (κ2) is 3.84. The van der Waals surface area contributed by atoms with Crippen molar-refractivity contribution in [2.75, 3.05) is 6.61 Å². The smallest absolute Gasteiger partial charge is 0.314 e. The largest absolute Gasteiger partial charge is 0.465 e. The molecular weight excluding hydrogens is 216 g/mol. The van der Waals surface area contributed by atoms with Gasteiger partial charge >= 0.3 is 5.97 Å². The lowest BCUT2D eigenvalue weighted by Crippen LogP contribution is -2.54. The number of benzene rings is 1. The first-order valence-electron chi connectivity index (χ1n) is 5.91. The van der Waals surface area contributed by atoms with Crippen molar-refractivity contribution in [3.63, 3.8) is 0 Å². The van der Waals surface area contributed by atoms with E-state index in [0.29, 0.717) is 13.0 Å². The molecule has 0 saturated carbocycles. The van der Waals surface area contributed by atoms with Crippen molar-refractivity contribution in [3.05, 3.63) is 35.4 Å². The third-order valence-electron chi connectivity index (χ3n) is 3.73. The molecule has 0 aliphatic heterocycles. The second-order valence-corrected chi connectivity index (χ2v) is 5.04. The Morgan fingerprint density at radius 3 is 2.71 bits per heavy atom. The molecule has 1 aromatic rings. The summed E-state index contributed by atoms with van der Waals surface area (Å²) in [5.41, 5.74) is -0.0712. The van der Waals surface area contributed by atoms with Crippen LogP contribution < -0.4 is 0 Å². The number of rotatable bonds is 3. The van der Waals surface area contributed by atoms with E-state index in [0.717, 1.165) is 11.1 Å². The highest BCUT2D eigenvalue weighted by Crippen LogP contribution is 2.51. The van der Waals surface area contributed by atoms with Crippen LogP contribution in [0.15, 0.2) is 24.3 Å². The Morgan fingerprint density at radius 2 is 2.12 bits per heavy atom. The normalized spacial score (nSPS) is 22.6. The van der Waals surface area contributed by atoms with Gasteiger partial charge in [0.25, 0.3) is 0 Å². The number of carbonyl (C=O) groups excluding carboxylic acids is 1. The molecule has 1 aliphatic carbocycles. The SMILES string of the molecule is CCOC(=O)C(C)(C)C1(O)Cc2ccccc21. The fourth-order valence-corrected chi connectivity index (χ4v) is 2.38. The molecule has 0 bridgehead atoms.